The van der Waals surface area contributed by atoms with Crippen molar-refractivity contribution in [3.8, 4) is 0 Å². The van der Waals surface area contributed by atoms with Crippen LogP contribution in [0.2, 0.25) is 0 Å². The Morgan fingerprint density at radius 3 is 3.00 bits per heavy atom. The fourth-order valence-corrected chi connectivity index (χ4v) is 2.78. The van der Waals surface area contributed by atoms with Crippen LogP contribution in [0.1, 0.15) is 18.5 Å². The fraction of sp³-hybridized carbons (Fsp3) is 0.538. The van der Waals surface area contributed by atoms with Crippen molar-refractivity contribution in [2.24, 2.45) is 5.73 Å². The lowest BCUT2D eigenvalue weighted by Crippen LogP contribution is -2.47. The Morgan fingerprint density at radius 1 is 1.61 bits per heavy atom. The first-order valence-electron chi connectivity index (χ1n) is 6.12. The third-order valence-corrected chi connectivity index (χ3v) is 3.98. The third-order valence-electron chi connectivity index (χ3n) is 3.37. The number of hydrogen-bond donors (Lipinski definition) is 1. The van der Waals surface area contributed by atoms with E-state index < -0.39 is 0 Å². The molecule has 2 rings (SSSR count). The van der Waals surface area contributed by atoms with E-state index in [0.717, 1.165) is 25.3 Å². The van der Waals surface area contributed by atoms with Crippen LogP contribution in [0, 0.1) is 5.82 Å². The van der Waals surface area contributed by atoms with E-state index in [0.29, 0.717) is 17.1 Å². The highest BCUT2D eigenvalue weighted by atomic mass is 79.9. The molecular weight excluding hydrogens is 299 g/mol. The summed E-state index contributed by atoms with van der Waals surface area (Å²) in [6.45, 7) is 4.95. The topological polar surface area (TPSA) is 38.5 Å². The fourth-order valence-electron chi connectivity index (χ4n) is 2.39. The van der Waals surface area contributed by atoms with Gasteiger partial charge < -0.3 is 10.5 Å². The maximum atomic E-state index is 13.3. The van der Waals surface area contributed by atoms with Crippen LogP contribution < -0.4 is 5.73 Å². The maximum absolute atomic E-state index is 13.3. The Morgan fingerprint density at radius 2 is 2.39 bits per heavy atom. The van der Waals surface area contributed by atoms with E-state index in [9.17, 15) is 4.39 Å². The standard InChI is InChI=1S/C13H18BrFN2O/c1-9-8-18-5-4-17(9)13(7-16)10-2-3-12(15)11(14)6-10/h2-3,6,9,13H,4-5,7-8,16H2,1H3. The molecule has 0 aliphatic carbocycles. The van der Waals surface area contributed by atoms with Crippen molar-refractivity contribution in [3.63, 3.8) is 0 Å². The number of halogens is 2. The highest BCUT2D eigenvalue weighted by molar-refractivity contribution is 9.10. The molecule has 1 heterocycles. The second-order valence-corrected chi connectivity index (χ2v) is 5.44. The van der Waals surface area contributed by atoms with Gasteiger partial charge in [-0.2, -0.15) is 0 Å². The molecule has 1 aromatic rings. The molecule has 0 spiro atoms. The predicted molar refractivity (Wildman–Crippen MR) is 72.9 cm³/mol. The number of nitrogens with zero attached hydrogens (tertiary/aromatic N) is 1. The average Bonchev–Trinajstić information content (AvgIpc) is 2.37. The van der Waals surface area contributed by atoms with Crippen molar-refractivity contribution in [3.05, 3.63) is 34.1 Å². The van der Waals surface area contributed by atoms with E-state index in [-0.39, 0.29) is 11.9 Å². The van der Waals surface area contributed by atoms with Crippen molar-refractivity contribution in [2.45, 2.75) is 19.0 Å². The number of nitrogens with two attached hydrogens (primary N) is 1. The Balaban J connectivity index is 2.23. The second kappa shape index (κ2) is 6.10. The van der Waals surface area contributed by atoms with E-state index in [1.807, 2.05) is 6.07 Å². The van der Waals surface area contributed by atoms with Gasteiger partial charge in [-0.15, -0.1) is 0 Å². The minimum Gasteiger partial charge on any atom is -0.379 e. The summed E-state index contributed by atoms with van der Waals surface area (Å²) in [4.78, 5) is 2.32. The summed E-state index contributed by atoms with van der Waals surface area (Å²) in [5, 5.41) is 0. The summed E-state index contributed by atoms with van der Waals surface area (Å²) < 4.78 is 19.2. The number of ether oxygens (including phenoxy) is 1. The SMILES string of the molecule is CC1COCCN1C(CN)c1ccc(F)c(Br)c1. The highest BCUT2D eigenvalue weighted by Gasteiger charge is 2.27. The van der Waals surface area contributed by atoms with Crippen molar-refractivity contribution < 1.29 is 9.13 Å². The molecule has 1 aromatic carbocycles. The largest absolute Gasteiger partial charge is 0.379 e. The van der Waals surface area contributed by atoms with E-state index in [1.165, 1.54) is 6.07 Å². The number of morpholine rings is 1. The van der Waals surface area contributed by atoms with Crippen LogP contribution in [-0.4, -0.2) is 37.2 Å². The summed E-state index contributed by atoms with van der Waals surface area (Å²) >= 11 is 3.22. The predicted octanol–water partition coefficient (Wildman–Crippen LogP) is 2.31. The summed E-state index contributed by atoms with van der Waals surface area (Å²) in [6, 6.07) is 5.54. The molecule has 3 nitrogen and oxygen atoms in total. The number of rotatable bonds is 3. The van der Waals surface area contributed by atoms with Gasteiger partial charge in [-0.05, 0) is 40.5 Å². The van der Waals surface area contributed by atoms with Gasteiger partial charge >= 0.3 is 0 Å². The number of hydrogen-bond acceptors (Lipinski definition) is 3. The quantitative estimate of drug-likeness (QED) is 0.930. The van der Waals surface area contributed by atoms with Crippen molar-refractivity contribution >= 4 is 15.9 Å². The smallest absolute Gasteiger partial charge is 0.137 e. The van der Waals surface area contributed by atoms with E-state index in [4.69, 9.17) is 10.5 Å². The van der Waals surface area contributed by atoms with Crippen molar-refractivity contribution in [1.29, 1.82) is 0 Å². The molecule has 100 valence electrons. The van der Waals surface area contributed by atoms with Crippen LogP contribution in [-0.2, 0) is 4.74 Å². The molecule has 1 aliphatic rings. The monoisotopic (exact) mass is 316 g/mol. The molecule has 0 bridgehead atoms. The van der Waals surface area contributed by atoms with Gasteiger partial charge in [0.05, 0.1) is 17.7 Å². The minimum atomic E-state index is -0.246. The van der Waals surface area contributed by atoms with Crippen LogP contribution >= 0.6 is 15.9 Å². The van der Waals surface area contributed by atoms with Crippen molar-refractivity contribution in [2.75, 3.05) is 26.3 Å². The van der Waals surface area contributed by atoms with Crippen LogP contribution in [0.15, 0.2) is 22.7 Å². The second-order valence-electron chi connectivity index (χ2n) is 4.59. The van der Waals surface area contributed by atoms with E-state index in [2.05, 4.69) is 27.8 Å². The molecule has 5 heteroatoms. The zero-order chi connectivity index (χ0) is 13.1. The van der Waals surface area contributed by atoms with Gasteiger partial charge in [-0.25, -0.2) is 4.39 Å². The highest BCUT2D eigenvalue weighted by Crippen LogP contribution is 2.27. The first-order valence-corrected chi connectivity index (χ1v) is 6.91. The molecule has 0 amide bonds. The van der Waals surface area contributed by atoms with Gasteiger partial charge in [0.15, 0.2) is 0 Å². The van der Waals surface area contributed by atoms with Crippen LogP contribution in [0.5, 0.6) is 0 Å². The molecule has 2 N–H and O–H groups in total. The summed E-state index contributed by atoms with van der Waals surface area (Å²) in [7, 11) is 0. The first-order chi connectivity index (χ1) is 8.63. The molecule has 2 atom stereocenters. The Hall–Kier alpha value is -0.490. The molecule has 0 aromatic heterocycles. The van der Waals surface area contributed by atoms with Crippen molar-refractivity contribution in [1.82, 2.24) is 4.90 Å². The van der Waals surface area contributed by atoms with Gasteiger partial charge in [0.1, 0.15) is 5.82 Å². The van der Waals surface area contributed by atoms with E-state index >= 15 is 0 Å². The molecule has 18 heavy (non-hydrogen) atoms. The van der Waals surface area contributed by atoms with Crippen LogP contribution in [0.3, 0.4) is 0 Å². The maximum Gasteiger partial charge on any atom is 0.137 e. The lowest BCUT2D eigenvalue weighted by Gasteiger charge is -2.39. The first kappa shape index (κ1) is 13.9. The Bertz CT molecular complexity index is 416. The third kappa shape index (κ3) is 2.91. The summed E-state index contributed by atoms with van der Waals surface area (Å²) in [5.41, 5.74) is 6.94. The lowest BCUT2D eigenvalue weighted by molar-refractivity contribution is -0.0209. The summed E-state index contributed by atoms with van der Waals surface area (Å²) in [5.74, 6) is -0.246. The minimum absolute atomic E-state index is 0.112. The normalized spacial score (nSPS) is 23.0. The Labute approximate surface area is 115 Å². The van der Waals surface area contributed by atoms with E-state index in [1.54, 1.807) is 6.07 Å². The zero-order valence-corrected chi connectivity index (χ0v) is 12.0. The zero-order valence-electron chi connectivity index (χ0n) is 10.4. The molecule has 0 radical (unpaired) electrons. The molecule has 0 saturated carbocycles. The van der Waals surface area contributed by atoms with Crippen LogP contribution in [0.25, 0.3) is 0 Å². The summed E-state index contributed by atoms with van der Waals surface area (Å²) in [6.07, 6.45) is 0. The molecular formula is C13H18BrFN2O. The lowest BCUT2D eigenvalue weighted by atomic mass is 10.0. The molecule has 2 unspecified atom stereocenters. The average molecular weight is 317 g/mol. The molecule has 1 fully saturated rings. The van der Waals surface area contributed by atoms with Gasteiger partial charge in [0.25, 0.3) is 0 Å². The molecule has 1 saturated heterocycles. The molecule has 1 aliphatic heterocycles. The van der Waals surface area contributed by atoms with Crippen LogP contribution in [0.4, 0.5) is 4.39 Å². The number of benzene rings is 1. The van der Waals surface area contributed by atoms with Gasteiger partial charge in [0.2, 0.25) is 0 Å². The van der Waals surface area contributed by atoms with Gasteiger partial charge in [-0.3, -0.25) is 4.90 Å². The van der Waals surface area contributed by atoms with Gasteiger partial charge in [-0.1, -0.05) is 6.07 Å². The van der Waals surface area contributed by atoms with Gasteiger partial charge in [0, 0.05) is 25.2 Å². The Kier molecular flexibility index (Phi) is 4.72.